The second kappa shape index (κ2) is 2.88. The number of nitrogens with zero attached hydrogens (tertiary/aromatic N) is 1. The van der Waals surface area contributed by atoms with Crippen LogP contribution in [0.2, 0.25) is 0 Å². The van der Waals surface area contributed by atoms with Crippen molar-refractivity contribution in [1.29, 1.82) is 0 Å². The molecule has 1 aromatic heterocycles. The van der Waals surface area contributed by atoms with E-state index in [2.05, 4.69) is 62.6 Å². The van der Waals surface area contributed by atoms with Crippen LogP contribution >= 0.6 is 0 Å². The van der Waals surface area contributed by atoms with Crippen LogP contribution in [0.25, 0.3) is 10.9 Å². The first-order valence-electron chi connectivity index (χ1n) is 5.08. The summed E-state index contributed by atoms with van der Waals surface area (Å²) in [6.07, 6.45) is 0. The molecule has 74 valence electrons. The van der Waals surface area contributed by atoms with E-state index in [4.69, 9.17) is 0 Å². The maximum absolute atomic E-state index is 2.39. The average molecular weight is 187 g/mol. The van der Waals surface area contributed by atoms with Gasteiger partial charge in [-0.25, -0.2) is 0 Å². The summed E-state index contributed by atoms with van der Waals surface area (Å²) in [7, 11) is 0. The maximum atomic E-state index is 2.39. The quantitative estimate of drug-likeness (QED) is 0.592. The number of rotatable bonds is 0. The molecule has 0 saturated heterocycles. The highest BCUT2D eigenvalue weighted by Gasteiger charge is 2.17. The van der Waals surface area contributed by atoms with Gasteiger partial charge in [-0.1, -0.05) is 18.2 Å². The normalized spacial score (nSPS) is 12.3. The third-order valence-corrected chi connectivity index (χ3v) is 2.57. The van der Waals surface area contributed by atoms with Crippen molar-refractivity contribution in [2.75, 3.05) is 0 Å². The molecule has 0 fully saturated rings. The molecule has 0 N–H and O–H groups in total. The van der Waals surface area contributed by atoms with E-state index in [-0.39, 0.29) is 5.54 Å². The number of hydrogen-bond donors (Lipinski definition) is 0. The van der Waals surface area contributed by atoms with Gasteiger partial charge >= 0.3 is 0 Å². The molecular formula is C13H17N. The average Bonchev–Trinajstić information content (AvgIpc) is 2.38. The number of benzene rings is 1. The van der Waals surface area contributed by atoms with Gasteiger partial charge in [-0.3, -0.25) is 0 Å². The number of aryl methyl sites for hydroxylation is 1. The van der Waals surface area contributed by atoms with E-state index < -0.39 is 0 Å². The lowest BCUT2D eigenvalue weighted by Gasteiger charge is -2.24. The standard InChI is InChI=1S/C13H17N/c1-10-9-11-7-5-6-8-12(11)14(10)13(2,3)4/h5-9H,1-4H3. The summed E-state index contributed by atoms with van der Waals surface area (Å²) >= 11 is 0. The zero-order valence-corrected chi connectivity index (χ0v) is 9.33. The third kappa shape index (κ3) is 1.33. The van der Waals surface area contributed by atoms with Gasteiger partial charge in [0.1, 0.15) is 0 Å². The first kappa shape index (κ1) is 9.32. The van der Waals surface area contributed by atoms with Crippen LogP contribution in [0, 0.1) is 6.92 Å². The minimum atomic E-state index is 0.160. The van der Waals surface area contributed by atoms with Crippen LogP contribution in [0.3, 0.4) is 0 Å². The largest absolute Gasteiger partial charge is 0.340 e. The van der Waals surface area contributed by atoms with Gasteiger partial charge in [0.15, 0.2) is 0 Å². The Labute approximate surface area is 85.4 Å². The SMILES string of the molecule is Cc1cc2ccccc2n1C(C)(C)C. The van der Waals surface area contributed by atoms with Crippen molar-refractivity contribution in [3.05, 3.63) is 36.0 Å². The van der Waals surface area contributed by atoms with Crippen LogP contribution in [-0.2, 0) is 5.54 Å². The zero-order valence-electron chi connectivity index (χ0n) is 9.33. The molecule has 14 heavy (non-hydrogen) atoms. The Morgan fingerprint density at radius 1 is 1.07 bits per heavy atom. The molecule has 0 unspecified atom stereocenters. The molecule has 0 radical (unpaired) electrons. The fourth-order valence-electron chi connectivity index (χ4n) is 2.18. The molecule has 0 aliphatic heterocycles. The molecule has 0 bridgehead atoms. The van der Waals surface area contributed by atoms with Crippen molar-refractivity contribution in [2.24, 2.45) is 0 Å². The highest BCUT2D eigenvalue weighted by Crippen LogP contribution is 2.26. The Kier molecular flexibility index (Phi) is 1.91. The van der Waals surface area contributed by atoms with Crippen LogP contribution in [0.1, 0.15) is 26.5 Å². The molecule has 0 amide bonds. The molecular weight excluding hydrogens is 170 g/mol. The van der Waals surface area contributed by atoms with Gasteiger partial charge in [0.2, 0.25) is 0 Å². The van der Waals surface area contributed by atoms with Crippen molar-refractivity contribution >= 4 is 10.9 Å². The number of fused-ring (bicyclic) bond motifs is 1. The minimum Gasteiger partial charge on any atom is -0.340 e. The summed E-state index contributed by atoms with van der Waals surface area (Å²) in [4.78, 5) is 0. The van der Waals surface area contributed by atoms with Gasteiger partial charge in [0.05, 0.1) is 0 Å². The molecule has 2 aromatic rings. The first-order valence-corrected chi connectivity index (χ1v) is 5.08. The van der Waals surface area contributed by atoms with Crippen LogP contribution < -0.4 is 0 Å². The van der Waals surface area contributed by atoms with Crippen molar-refractivity contribution in [2.45, 2.75) is 33.2 Å². The molecule has 1 heteroatoms. The van der Waals surface area contributed by atoms with Crippen molar-refractivity contribution in [1.82, 2.24) is 4.57 Å². The van der Waals surface area contributed by atoms with Gasteiger partial charge in [-0.05, 0) is 45.2 Å². The van der Waals surface area contributed by atoms with Crippen LogP contribution in [0.4, 0.5) is 0 Å². The van der Waals surface area contributed by atoms with Crippen LogP contribution in [0.5, 0.6) is 0 Å². The lowest BCUT2D eigenvalue weighted by atomic mass is 10.1. The van der Waals surface area contributed by atoms with E-state index >= 15 is 0 Å². The van der Waals surface area contributed by atoms with E-state index in [9.17, 15) is 0 Å². The van der Waals surface area contributed by atoms with E-state index in [1.54, 1.807) is 0 Å². The Balaban J connectivity index is 2.81. The van der Waals surface area contributed by atoms with Gasteiger partial charge < -0.3 is 4.57 Å². The third-order valence-electron chi connectivity index (χ3n) is 2.57. The molecule has 1 nitrogen and oxygen atoms in total. The summed E-state index contributed by atoms with van der Waals surface area (Å²) in [5.74, 6) is 0. The molecule has 1 aromatic carbocycles. The molecule has 1 heterocycles. The number of hydrogen-bond acceptors (Lipinski definition) is 0. The second-order valence-corrected chi connectivity index (χ2v) is 4.85. The smallest absolute Gasteiger partial charge is 0.0487 e. The van der Waals surface area contributed by atoms with Gasteiger partial charge in [-0.15, -0.1) is 0 Å². The molecule has 0 saturated carbocycles. The van der Waals surface area contributed by atoms with E-state index in [1.165, 1.54) is 16.6 Å². The molecule has 2 rings (SSSR count). The van der Waals surface area contributed by atoms with Crippen molar-refractivity contribution in [3.8, 4) is 0 Å². The summed E-state index contributed by atoms with van der Waals surface area (Å²) in [5, 5.41) is 1.33. The van der Waals surface area contributed by atoms with E-state index in [1.807, 2.05) is 0 Å². The number of aromatic nitrogens is 1. The van der Waals surface area contributed by atoms with Crippen molar-refractivity contribution in [3.63, 3.8) is 0 Å². The summed E-state index contributed by atoms with van der Waals surface area (Å²) < 4.78 is 2.39. The molecule has 0 aliphatic rings. The maximum Gasteiger partial charge on any atom is 0.0487 e. The number of para-hydroxylation sites is 1. The first-order chi connectivity index (χ1) is 6.50. The van der Waals surface area contributed by atoms with Crippen LogP contribution in [0.15, 0.2) is 30.3 Å². The fourth-order valence-corrected chi connectivity index (χ4v) is 2.18. The Morgan fingerprint density at radius 3 is 2.36 bits per heavy atom. The van der Waals surface area contributed by atoms with Gasteiger partial charge in [0.25, 0.3) is 0 Å². The zero-order chi connectivity index (χ0) is 10.3. The molecule has 0 aliphatic carbocycles. The highest BCUT2D eigenvalue weighted by molar-refractivity contribution is 5.81. The molecule has 0 atom stereocenters. The Hall–Kier alpha value is -1.24. The Morgan fingerprint density at radius 2 is 1.71 bits per heavy atom. The topological polar surface area (TPSA) is 4.93 Å². The second-order valence-electron chi connectivity index (χ2n) is 4.85. The Bertz CT molecular complexity index is 458. The fraction of sp³-hybridized carbons (Fsp3) is 0.385. The predicted molar refractivity (Wildman–Crippen MR) is 61.7 cm³/mol. The lowest BCUT2D eigenvalue weighted by Crippen LogP contribution is -2.22. The van der Waals surface area contributed by atoms with Gasteiger partial charge in [0, 0.05) is 16.7 Å². The minimum absolute atomic E-state index is 0.160. The molecule has 0 spiro atoms. The summed E-state index contributed by atoms with van der Waals surface area (Å²) in [6, 6.07) is 10.8. The highest BCUT2D eigenvalue weighted by atomic mass is 15.0. The van der Waals surface area contributed by atoms with Gasteiger partial charge in [-0.2, -0.15) is 0 Å². The van der Waals surface area contributed by atoms with E-state index in [0.717, 1.165) is 0 Å². The van der Waals surface area contributed by atoms with Crippen LogP contribution in [-0.4, -0.2) is 4.57 Å². The monoisotopic (exact) mass is 187 g/mol. The lowest BCUT2D eigenvalue weighted by molar-refractivity contribution is 0.403. The predicted octanol–water partition coefficient (Wildman–Crippen LogP) is 3.70. The van der Waals surface area contributed by atoms with Crippen molar-refractivity contribution < 1.29 is 0 Å². The van der Waals surface area contributed by atoms with E-state index in [0.29, 0.717) is 0 Å². The summed E-state index contributed by atoms with van der Waals surface area (Å²) in [6.45, 7) is 8.90. The summed E-state index contributed by atoms with van der Waals surface area (Å²) in [5.41, 5.74) is 2.82.